The highest BCUT2D eigenvalue weighted by Crippen LogP contribution is 2.37. The molecule has 5 rings (SSSR count). The van der Waals surface area contributed by atoms with Gasteiger partial charge in [-0.05, 0) is 54.4 Å². The molecule has 198 valence electrons. The number of carboxylic acid groups (broad SMARTS) is 1. The molecule has 1 amide bonds. The number of nitrogens with zero attached hydrogens (tertiary/aromatic N) is 4. The van der Waals surface area contributed by atoms with Crippen molar-refractivity contribution in [3.8, 4) is 26.7 Å². The summed E-state index contributed by atoms with van der Waals surface area (Å²) in [6.45, 7) is 3.02. The maximum atomic E-state index is 12.1. The first-order valence-electron chi connectivity index (χ1n) is 12.1. The smallest absolute Gasteiger partial charge is 0.407 e. The Morgan fingerprint density at radius 1 is 1.00 bits per heavy atom. The van der Waals surface area contributed by atoms with E-state index in [-0.39, 0.29) is 4.90 Å². The molecule has 0 aliphatic carbocycles. The van der Waals surface area contributed by atoms with Gasteiger partial charge < -0.3 is 10.0 Å². The number of rotatable bonds is 6. The highest BCUT2D eigenvalue weighted by molar-refractivity contribution is 7.90. The van der Waals surface area contributed by atoms with E-state index in [9.17, 15) is 18.3 Å². The Morgan fingerprint density at radius 3 is 2.55 bits per heavy atom. The van der Waals surface area contributed by atoms with Gasteiger partial charge in [0.15, 0.2) is 9.84 Å². The Labute approximate surface area is 230 Å². The number of para-hydroxylation sites is 1. The molecule has 1 aliphatic rings. The van der Waals surface area contributed by atoms with Gasteiger partial charge in [0, 0.05) is 43.9 Å². The lowest BCUT2D eigenvalue weighted by atomic mass is 10.2. The molecule has 2 aromatic heterocycles. The molecule has 1 saturated heterocycles. The Morgan fingerprint density at radius 2 is 1.79 bits per heavy atom. The van der Waals surface area contributed by atoms with Crippen molar-refractivity contribution in [3.63, 3.8) is 0 Å². The molecule has 11 heteroatoms. The van der Waals surface area contributed by atoms with Crippen LogP contribution in [-0.4, -0.2) is 71.6 Å². The fourth-order valence-corrected chi connectivity index (χ4v) is 6.44. The Hall–Kier alpha value is -3.18. The molecular weight excluding hydrogens is 544 g/mol. The third-order valence-corrected chi connectivity index (χ3v) is 9.08. The molecule has 1 fully saturated rings. The molecule has 2 aromatic carbocycles. The lowest BCUT2D eigenvalue weighted by Gasteiger charge is -2.19. The summed E-state index contributed by atoms with van der Waals surface area (Å²) in [4.78, 5) is 17.3. The van der Waals surface area contributed by atoms with Gasteiger partial charge in [0.05, 0.1) is 31.9 Å². The number of amides is 1. The molecular formula is C27H27ClN4O4S2. The molecule has 0 bridgehead atoms. The van der Waals surface area contributed by atoms with Crippen LogP contribution in [0.4, 0.5) is 4.79 Å². The van der Waals surface area contributed by atoms with Crippen LogP contribution in [0.25, 0.3) is 26.7 Å². The second kappa shape index (κ2) is 10.9. The van der Waals surface area contributed by atoms with Crippen molar-refractivity contribution < 1.29 is 18.3 Å². The highest BCUT2D eigenvalue weighted by atomic mass is 35.5. The SMILES string of the molecule is CS(=O)(=O)c1cccc(-c2ccc(-c3cc(CN4CCCN(C(=O)O)CC4)nn3-c3ccccc3Cl)s2)c1. The van der Waals surface area contributed by atoms with E-state index in [1.807, 2.05) is 53.2 Å². The topological polar surface area (TPSA) is 95.7 Å². The van der Waals surface area contributed by atoms with Crippen molar-refractivity contribution in [2.45, 2.75) is 17.9 Å². The Kier molecular flexibility index (Phi) is 7.58. The minimum absolute atomic E-state index is 0.284. The number of thiophene rings is 1. The van der Waals surface area contributed by atoms with E-state index in [4.69, 9.17) is 16.7 Å². The fraction of sp³-hybridized carbons (Fsp3) is 0.259. The molecule has 0 atom stereocenters. The predicted molar refractivity (Wildman–Crippen MR) is 150 cm³/mol. The van der Waals surface area contributed by atoms with Gasteiger partial charge in [-0.2, -0.15) is 5.10 Å². The number of halogens is 1. The summed E-state index contributed by atoms with van der Waals surface area (Å²) < 4.78 is 26.0. The molecule has 8 nitrogen and oxygen atoms in total. The minimum atomic E-state index is -3.31. The predicted octanol–water partition coefficient (Wildman–Crippen LogP) is 5.51. The van der Waals surface area contributed by atoms with E-state index >= 15 is 0 Å². The molecule has 0 saturated carbocycles. The lowest BCUT2D eigenvalue weighted by Crippen LogP contribution is -2.34. The van der Waals surface area contributed by atoms with Gasteiger partial charge in [-0.25, -0.2) is 17.9 Å². The summed E-state index contributed by atoms with van der Waals surface area (Å²) in [5.74, 6) is 0. The van der Waals surface area contributed by atoms with Crippen LogP contribution >= 0.6 is 22.9 Å². The van der Waals surface area contributed by atoms with Gasteiger partial charge in [0.2, 0.25) is 0 Å². The van der Waals surface area contributed by atoms with Gasteiger partial charge in [-0.1, -0.05) is 35.9 Å². The second-order valence-corrected chi connectivity index (χ2v) is 12.8. The maximum absolute atomic E-state index is 12.1. The van der Waals surface area contributed by atoms with E-state index in [1.54, 1.807) is 29.5 Å². The second-order valence-electron chi connectivity index (χ2n) is 9.25. The monoisotopic (exact) mass is 570 g/mol. The molecule has 0 spiro atoms. The van der Waals surface area contributed by atoms with Gasteiger partial charge >= 0.3 is 6.09 Å². The standard InChI is InChI=1S/C27H27ClN4O4S2/c1-38(35,36)21-7-4-6-19(16-21)25-10-11-26(37-25)24-17-20(29-32(24)23-9-3-2-8-22(23)28)18-30-12-5-13-31(15-14-30)27(33)34/h2-4,6-11,16-17H,5,12-15,18H2,1H3,(H,33,34). The molecule has 1 aliphatic heterocycles. The molecule has 3 heterocycles. The van der Waals surface area contributed by atoms with E-state index < -0.39 is 15.9 Å². The van der Waals surface area contributed by atoms with Crippen molar-refractivity contribution in [3.05, 3.63) is 77.4 Å². The highest BCUT2D eigenvalue weighted by Gasteiger charge is 2.21. The zero-order valence-corrected chi connectivity index (χ0v) is 23.1. The summed E-state index contributed by atoms with van der Waals surface area (Å²) in [6, 6.07) is 20.5. The van der Waals surface area contributed by atoms with Crippen LogP contribution < -0.4 is 0 Å². The summed E-state index contributed by atoms with van der Waals surface area (Å²) in [6.07, 6.45) is 1.09. The summed E-state index contributed by atoms with van der Waals surface area (Å²) >= 11 is 8.12. The third kappa shape index (κ3) is 5.78. The summed E-state index contributed by atoms with van der Waals surface area (Å²) in [7, 11) is -3.31. The number of aromatic nitrogens is 2. The van der Waals surface area contributed by atoms with E-state index in [1.165, 1.54) is 11.2 Å². The van der Waals surface area contributed by atoms with E-state index in [0.29, 0.717) is 31.2 Å². The Balaban J connectivity index is 1.49. The summed E-state index contributed by atoms with van der Waals surface area (Å²) in [5.41, 5.74) is 3.33. The zero-order valence-electron chi connectivity index (χ0n) is 20.7. The van der Waals surface area contributed by atoms with Crippen LogP contribution in [0.15, 0.2) is 71.6 Å². The van der Waals surface area contributed by atoms with Gasteiger partial charge in [0.25, 0.3) is 0 Å². The molecule has 0 unspecified atom stereocenters. The van der Waals surface area contributed by atoms with Gasteiger partial charge in [0.1, 0.15) is 0 Å². The Bertz CT molecular complexity index is 1580. The first kappa shape index (κ1) is 26.4. The zero-order chi connectivity index (χ0) is 26.9. The molecule has 38 heavy (non-hydrogen) atoms. The third-order valence-electron chi connectivity index (χ3n) is 6.49. The van der Waals surface area contributed by atoms with Crippen molar-refractivity contribution >= 4 is 38.9 Å². The normalized spacial score (nSPS) is 14.9. The molecule has 4 aromatic rings. The number of hydrogen-bond donors (Lipinski definition) is 1. The first-order chi connectivity index (χ1) is 18.2. The van der Waals surface area contributed by atoms with Crippen molar-refractivity contribution in [1.82, 2.24) is 19.6 Å². The average Bonchev–Trinajstić information content (AvgIpc) is 3.46. The van der Waals surface area contributed by atoms with Crippen LogP contribution in [-0.2, 0) is 16.4 Å². The van der Waals surface area contributed by atoms with Crippen LogP contribution in [0, 0.1) is 0 Å². The van der Waals surface area contributed by atoms with Crippen LogP contribution in [0.2, 0.25) is 5.02 Å². The van der Waals surface area contributed by atoms with Gasteiger partial charge in [-0.15, -0.1) is 11.3 Å². The fourth-order valence-electron chi connectivity index (χ4n) is 4.55. The quantitative estimate of drug-likeness (QED) is 0.328. The van der Waals surface area contributed by atoms with E-state index in [2.05, 4.69) is 4.90 Å². The molecule has 1 N–H and O–H groups in total. The summed E-state index contributed by atoms with van der Waals surface area (Å²) in [5, 5.41) is 14.8. The first-order valence-corrected chi connectivity index (χ1v) is 15.2. The maximum Gasteiger partial charge on any atom is 0.407 e. The number of benzene rings is 2. The van der Waals surface area contributed by atoms with Crippen molar-refractivity contribution in [1.29, 1.82) is 0 Å². The minimum Gasteiger partial charge on any atom is -0.465 e. The van der Waals surface area contributed by atoms with Crippen LogP contribution in [0.5, 0.6) is 0 Å². The average molecular weight is 571 g/mol. The largest absolute Gasteiger partial charge is 0.465 e. The van der Waals surface area contributed by atoms with Crippen LogP contribution in [0.1, 0.15) is 12.1 Å². The van der Waals surface area contributed by atoms with E-state index in [0.717, 1.165) is 45.4 Å². The van der Waals surface area contributed by atoms with Crippen molar-refractivity contribution in [2.24, 2.45) is 0 Å². The van der Waals surface area contributed by atoms with Crippen LogP contribution in [0.3, 0.4) is 0 Å². The number of sulfone groups is 1. The van der Waals surface area contributed by atoms with Gasteiger partial charge in [-0.3, -0.25) is 4.90 Å². The molecule has 0 radical (unpaired) electrons. The lowest BCUT2D eigenvalue weighted by molar-refractivity contribution is 0.146. The number of carbonyl (C=O) groups is 1. The van der Waals surface area contributed by atoms with Crippen molar-refractivity contribution in [2.75, 3.05) is 32.4 Å². The number of hydrogen-bond acceptors (Lipinski definition) is 6.